The second kappa shape index (κ2) is 6.15. The number of hydrogen-bond acceptors (Lipinski definition) is 3. The van der Waals surface area contributed by atoms with E-state index in [4.69, 9.17) is 4.74 Å². The van der Waals surface area contributed by atoms with E-state index in [2.05, 4.69) is 35.5 Å². The number of ether oxygens (including phenoxy) is 1. The first-order valence-electron chi connectivity index (χ1n) is 7.82. The molecule has 3 heteroatoms. The lowest BCUT2D eigenvalue weighted by atomic mass is 9.88. The minimum absolute atomic E-state index is 0.639. The van der Waals surface area contributed by atoms with Crippen LogP contribution >= 0.6 is 0 Å². The third-order valence-electron chi connectivity index (χ3n) is 4.83. The Morgan fingerprint density at radius 1 is 1.30 bits per heavy atom. The summed E-state index contributed by atoms with van der Waals surface area (Å²) in [5.41, 5.74) is 2.97. The Morgan fingerprint density at radius 2 is 2.20 bits per heavy atom. The molecule has 2 aliphatic rings. The van der Waals surface area contributed by atoms with Gasteiger partial charge < -0.3 is 15.0 Å². The van der Waals surface area contributed by atoms with Crippen LogP contribution in [0.4, 0.5) is 0 Å². The molecule has 0 spiro atoms. The molecule has 20 heavy (non-hydrogen) atoms. The summed E-state index contributed by atoms with van der Waals surface area (Å²) in [7, 11) is 3.97. The van der Waals surface area contributed by atoms with E-state index in [0.29, 0.717) is 6.04 Å². The zero-order valence-corrected chi connectivity index (χ0v) is 12.7. The molecule has 2 unspecified atom stereocenters. The molecule has 110 valence electrons. The number of nitrogens with one attached hydrogen (secondary N) is 1. The van der Waals surface area contributed by atoms with Crippen LogP contribution in [0.5, 0.6) is 5.75 Å². The molecule has 0 radical (unpaired) electrons. The second-order valence-corrected chi connectivity index (χ2v) is 6.40. The summed E-state index contributed by atoms with van der Waals surface area (Å²) in [4.78, 5) is 2.44. The molecule has 0 amide bonds. The van der Waals surface area contributed by atoms with Crippen molar-refractivity contribution in [3.05, 3.63) is 29.3 Å². The number of aryl methyl sites for hydroxylation is 1. The quantitative estimate of drug-likeness (QED) is 0.910. The minimum Gasteiger partial charge on any atom is -0.497 e. The van der Waals surface area contributed by atoms with E-state index < -0.39 is 0 Å². The number of benzene rings is 1. The third-order valence-corrected chi connectivity index (χ3v) is 4.83. The summed E-state index contributed by atoms with van der Waals surface area (Å²) in [6.07, 6.45) is 4.96. The first kappa shape index (κ1) is 13.9. The lowest BCUT2D eigenvalue weighted by Gasteiger charge is -2.27. The topological polar surface area (TPSA) is 24.5 Å². The van der Waals surface area contributed by atoms with Crippen LogP contribution in [0.3, 0.4) is 0 Å². The molecule has 1 heterocycles. The molecular formula is C17H26N2O. The fourth-order valence-electron chi connectivity index (χ4n) is 3.56. The number of hydrogen-bond donors (Lipinski definition) is 1. The highest BCUT2D eigenvalue weighted by Gasteiger charge is 2.22. The summed E-state index contributed by atoms with van der Waals surface area (Å²) >= 11 is 0. The number of methoxy groups -OCH3 is 1. The SMILES string of the molecule is COc1ccc2c(c1)CC(NCC1CCN(C)C1)CC2. The number of nitrogens with zero attached hydrogens (tertiary/aromatic N) is 1. The minimum atomic E-state index is 0.639. The Bertz CT molecular complexity index is 460. The van der Waals surface area contributed by atoms with Gasteiger partial charge in [-0.15, -0.1) is 0 Å². The molecule has 0 bridgehead atoms. The molecule has 3 nitrogen and oxygen atoms in total. The van der Waals surface area contributed by atoms with Gasteiger partial charge in [0.15, 0.2) is 0 Å². The standard InChI is InChI=1S/C17H26N2O/c1-19-8-7-13(12-19)11-18-16-5-3-14-4-6-17(20-2)10-15(14)9-16/h4,6,10,13,16,18H,3,5,7-9,11-12H2,1-2H3. The molecular weight excluding hydrogens is 248 g/mol. The largest absolute Gasteiger partial charge is 0.497 e. The molecule has 0 saturated carbocycles. The van der Waals surface area contributed by atoms with Crippen LogP contribution in [0.2, 0.25) is 0 Å². The molecule has 2 atom stereocenters. The number of likely N-dealkylation sites (tertiary alicyclic amines) is 1. The second-order valence-electron chi connectivity index (χ2n) is 6.40. The highest BCUT2D eigenvalue weighted by atomic mass is 16.5. The van der Waals surface area contributed by atoms with E-state index in [0.717, 1.165) is 18.1 Å². The first-order valence-corrected chi connectivity index (χ1v) is 7.82. The Balaban J connectivity index is 1.55. The van der Waals surface area contributed by atoms with Crippen LogP contribution in [0.1, 0.15) is 24.0 Å². The smallest absolute Gasteiger partial charge is 0.119 e. The number of rotatable bonds is 4. The van der Waals surface area contributed by atoms with Gasteiger partial charge in [0.1, 0.15) is 5.75 Å². The van der Waals surface area contributed by atoms with Gasteiger partial charge in [0.05, 0.1) is 7.11 Å². The maximum absolute atomic E-state index is 5.34. The van der Waals surface area contributed by atoms with Crippen molar-refractivity contribution in [3.63, 3.8) is 0 Å². The van der Waals surface area contributed by atoms with Crippen LogP contribution in [-0.2, 0) is 12.8 Å². The predicted molar refractivity (Wildman–Crippen MR) is 82.4 cm³/mol. The van der Waals surface area contributed by atoms with Crippen LogP contribution in [0.25, 0.3) is 0 Å². The Hall–Kier alpha value is -1.06. The molecule has 1 fully saturated rings. The Kier molecular flexibility index (Phi) is 4.27. The van der Waals surface area contributed by atoms with Crippen molar-refractivity contribution in [2.24, 2.45) is 5.92 Å². The zero-order chi connectivity index (χ0) is 13.9. The maximum Gasteiger partial charge on any atom is 0.119 e. The summed E-state index contributed by atoms with van der Waals surface area (Å²) in [6.45, 7) is 3.69. The van der Waals surface area contributed by atoms with Gasteiger partial charge in [-0.25, -0.2) is 0 Å². The average Bonchev–Trinajstić information content (AvgIpc) is 2.90. The van der Waals surface area contributed by atoms with Gasteiger partial charge in [0.25, 0.3) is 0 Å². The van der Waals surface area contributed by atoms with E-state index in [1.165, 1.54) is 50.0 Å². The van der Waals surface area contributed by atoms with Crippen LogP contribution in [0.15, 0.2) is 18.2 Å². The van der Waals surface area contributed by atoms with Gasteiger partial charge >= 0.3 is 0 Å². The van der Waals surface area contributed by atoms with Gasteiger partial charge in [-0.1, -0.05) is 6.07 Å². The lowest BCUT2D eigenvalue weighted by molar-refractivity contribution is 0.368. The van der Waals surface area contributed by atoms with Gasteiger partial charge in [-0.05, 0) is 75.0 Å². The summed E-state index contributed by atoms with van der Waals surface area (Å²) in [5.74, 6) is 1.83. The van der Waals surface area contributed by atoms with Crippen molar-refractivity contribution in [3.8, 4) is 5.75 Å². The van der Waals surface area contributed by atoms with Crippen molar-refractivity contribution in [1.82, 2.24) is 10.2 Å². The molecule has 1 aromatic rings. The fraction of sp³-hybridized carbons (Fsp3) is 0.647. The number of fused-ring (bicyclic) bond motifs is 1. The van der Waals surface area contributed by atoms with E-state index in [9.17, 15) is 0 Å². The van der Waals surface area contributed by atoms with Crippen molar-refractivity contribution >= 4 is 0 Å². The fourth-order valence-corrected chi connectivity index (χ4v) is 3.56. The molecule has 1 aromatic carbocycles. The normalized spacial score (nSPS) is 26.5. The monoisotopic (exact) mass is 274 g/mol. The van der Waals surface area contributed by atoms with Crippen molar-refractivity contribution in [2.75, 3.05) is 33.8 Å². The van der Waals surface area contributed by atoms with Crippen molar-refractivity contribution in [1.29, 1.82) is 0 Å². The average molecular weight is 274 g/mol. The molecule has 3 rings (SSSR count). The van der Waals surface area contributed by atoms with E-state index in [1.54, 1.807) is 7.11 Å². The van der Waals surface area contributed by atoms with Gasteiger partial charge in [-0.2, -0.15) is 0 Å². The lowest BCUT2D eigenvalue weighted by Crippen LogP contribution is -2.38. The predicted octanol–water partition coefficient (Wildman–Crippen LogP) is 2.09. The zero-order valence-electron chi connectivity index (χ0n) is 12.7. The van der Waals surface area contributed by atoms with Crippen molar-refractivity contribution < 1.29 is 4.74 Å². The third kappa shape index (κ3) is 3.15. The van der Waals surface area contributed by atoms with E-state index >= 15 is 0 Å². The Labute approximate surface area is 122 Å². The molecule has 0 aromatic heterocycles. The first-order chi connectivity index (χ1) is 9.74. The van der Waals surface area contributed by atoms with Gasteiger partial charge in [0.2, 0.25) is 0 Å². The Morgan fingerprint density at radius 3 is 2.95 bits per heavy atom. The molecule has 1 saturated heterocycles. The summed E-state index contributed by atoms with van der Waals surface area (Å²) in [5, 5.41) is 3.79. The van der Waals surface area contributed by atoms with Crippen LogP contribution < -0.4 is 10.1 Å². The molecule has 1 N–H and O–H groups in total. The van der Waals surface area contributed by atoms with E-state index in [1.807, 2.05) is 0 Å². The van der Waals surface area contributed by atoms with Crippen molar-refractivity contribution in [2.45, 2.75) is 31.7 Å². The highest BCUT2D eigenvalue weighted by Crippen LogP contribution is 2.26. The molecule has 1 aliphatic carbocycles. The van der Waals surface area contributed by atoms with E-state index in [-0.39, 0.29) is 0 Å². The summed E-state index contributed by atoms with van der Waals surface area (Å²) in [6, 6.07) is 7.17. The summed E-state index contributed by atoms with van der Waals surface area (Å²) < 4.78 is 5.34. The molecule has 1 aliphatic heterocycles. The maximum atomic E-state index is 5.34. The van der Waals surface area contributed by atoms with Crippen LogP contribution in [-0.4, -0.2) is 44.7 Å². The van der Waals surface area contributed by atoms with Gasteiger partial charge in [0, 0.05) is 12.6 Å². The van der Waals surface area contributed by atoms with Gasteiger partial charge in [-0.3, -0.25) is 0 Å². The van der Waals surface area contributed by atoms with Crippen LogP contribution in [0, 0.1) is 5.92 Å². The highest BCUT2D eigenvalue weighted by molar-refractivity contribution is 5.37.